The summed E-state index contributed by atoms with van der Waals surface area (Å²) in [5.74, 6) is 0. The van der Waals surface area contributed by atoms with Gasteiger partial charge in [-0.25, -0.2) is 0 Å². The first kappa shape index (κ1) is 6.57. The van der Waals surface area contributed by atoms with Crippen molar-refractivity contribution in [2.45, 2.75) is 6.92 Å². The zero-order chi connectivity index (χ0) is 6.69. The van der Waals surface area contributed by atoms with E-state index in [4.69, 9.17) is 0 Å². The molecule has 0 saturated carbocycles. The Morgan fingerprint density at radius 1 is 1.22 bits per heavy atom. The predicted octanol–water partition coefficient (Wildman–Crippen LogP) is 1.38. The Labute approximate surface area is 55.9 Å². The number of rotatable bonds is 1. The molecular formula is C7H9OP. The van der Waals surface area contributed by atoms with Crippen molar-refractivity contribution in [3.8, 4) is 0 Å². The van der Waals surface area contributed by atoms with Gasteiger partial charge < -0.3 is 4.57 Å². The summed E-state index contributed by atoms with van der Waals surface area (Å²) >= 11 is 0. The van der Waals surface area contributed by atoms with Crippen LogP contribution in [0, 0.1) is 6.92 Å². The maximum atomic E-state index is 10.3. The first-order chi connectivity index (χ1) is 4.33. The number of hydrogen-bond donors (Lipinski definition) is 0. The first-order valence-corrected chi connectivity index (χ1v) is 3.89. The topological polar surface area (TPSA) is 17.1 Å². The molecule has 0 spiro atoms. The minimum atomic E-state index is -0.749. The third-order valence-corrected chi connectivity index (χ3v) is 1.87. The second-order valence-corrected chi connectivity index (χ2v) is 2.93. The molecule has 1 aromatic carbocycles. The molecule has 0 amide bonds. The molecular weight excluding hydrogens is 131 g/mol. The van der Waals surface area contributed by atoms with Crippen molar-refractivity contribution in [2.75, 3.05) is 0 Å². The van der Waals surface area contributed by atoms with Crippen molar-refractivity contribution < 1.29 is 4.57 Å². The van der Waals surface area contributed by atoms with Gasteiger partial charge in [0.25, 0.3) is 0 Å². The summed E-state index contributed by atoms with van der Waals surface area (Å²) < 4.78 is 10.3. The van der Waals surface area contributed by atoms with Gasteiger partial charge in [-0.05, 0) is 6.92 Å². The lowest BCUT2D eigenvalue weighted by Crippen LogP contribution is -1.87. The highest BCUT2D eigenvalue weighted by atomic mass is 31.1. The minimum Gasteiger partial charge on any atom is -0.325 e. The van der Waals surface area contributed by atoms with Crippen LogP contribution in [0.15, 0.2) is 24.3 Å². The van der Waals surface area contributed by atoms with E-state index in [0.717, 1.165) is 5.30 Å². The lowest BCUT2D eigenvalue weighted by atomic mass is 10.2. The standard InChI is InChI=1S/C7H9OP/c1-6-2-4-7(9-8)5-3-6/h2-5H,9H2,1H3. The van der Waals surface area contributed by atoms with E-state index in [2.05, 4.69) is 0 Å². The molecule has 0 fully saturated rings. The van der Waals surface area contributed by atoms with Gasteiger partial charge in [-0.3, -0.25) is 0 Å². The fourth-order valence-corrected chi connectivity index (χ4v) is 0.995. The average molecular weight is 140 g/mol. The van der Waals surface area contributed by atoms with Crippen LogP contribution in [0.4, 0.5) is 0 Å². The van der Waals surface area contributed by atoms with Crippen LogP contribution in [-0.4, -0.2) is 0 Å². The molecule has 0 N–H and O–H groups in total. The quantitative estimate of drug-likeness (QED) is 0.538. The average Bonchev–Trinajstić information content (AvgIpc) is 1.90. The van der Waals surface area contributed by atoms with E-state index in [1.165, 1.54) is 5.56 Å². The van der Waals surface area contributed by atoms with Crippen LogP contribution in [0.1, 0.15) is 5.56 Å². The molecule has 0 radical (unpaired) electrons. The van der Waals surface area contributed by atoms with Gasteiger partial charge in [0.2, 0.25) is 0 Å². The molecule has 0 aliphatic heterocycles. The van der Waals surface area contributed by atoms with Crippen molar-refractivity contribution in [1.82, 2.24) is 0 Å². The van der Waals surface area contributed by atoms with Crippen LogP contribution in [0.25, 0.3) is 0 Å². The molecule has 1 aromatic rings. The van der Waals surface area contributed by atoms with Gasteiger partial charge in [-0.2, -0.15) is 0 Å². The smallest absolute Gasteiger partial charge is 0.0921 e. The Morgan fingerprint density at radius 2 is 1.78 bits per heavy atom. The summed E-state index contributed by atoms with van der Waals surface area (Å²) in [7, 11) is -0.749. The normalized spacial score (nSPS) is 10.8. The Hall–Kier alpha value is -0.550. The third kappa shape index (κ3) is 1.69. The SMILES string of the molecule is Cc1ccc([PH2]=O)cc1. The molecule has 1 rings (SSSR count). The molecule has 48 valence electrons. The molecule has 0 saturated heterocycles. The predicted molar refractivity (Wildman–Crippen MR) is 41.2 cm³/mol. The van der Waals surface area contributed by atoms with E-state index < -0.39 is 8.46 Å². The van der Waals surface area contributed by atoms with E-state index in [9.17, 15) is 4.57 Å². The lowest BCUT2D eigenvalue weighted by molar-refractivity contribution is 0.603. The highest BCUT2D eigenvalue weighted by Crippen LogP contribution is 1.98. The molecule has 0 aliphatic rings. The highest BCUT2D eigenvalue weighted by Gasteiger charge is 1.84. The maximum Gasteiger partial charge on any atom is 0.0921 e. The molecule has 9 heavy (non-hydrogen) atoms. The van der Waals surface area contributed by atoms with Crippen molar-refractivity contribution in [1.29, 1.82) is 0 Å². The second kappa shape index (κ2) is 2.84. The molecule has 0 bridgehead atoms. The lowest BCUT2D eigenvalue weighted by Gasteiger charge is -1.89. The van der Waals surface area contributed by atoms with Crippen molar-refractivity contribution in [3.63, 3.8) is 0 Å². The van der Waals surface area contributed by atoms with Gasteiger partial charge in [0.15, 0.2) is 0 Å². The molecule has 1 unspecified atom stereocenters. The summed E-state index contributed by atoms with van der Waals surface area (Å²) in [6.07, 6.45) is 0. The van der Waals surface area contributed by atoms with Crippen LogP contribution >= 0.6 is 8.46 Å². The summed E-state index contributed by atoms with van der Waals surface area (Å²) in [6, 6.07) is 7.75. The molecule has 1 atom stereocenters. The number of aryl methyl sites for hydroxylation is 1. The van der Waals surface area contributed by atoms with Crippen molar-refractivity contribution in [2.24, 2.45) is 0 Å². The summed E-state index contributed by atoms with van der Waals surface area (Å²) in [6.45, 7) is 2.02. The molecule has 0 heterocycles. The number of hydrogen-bond acceptors (Lipinski definition) is 1. The summed E-state index contributed by atoms with van der Waals surface area (Å²) in [5, 5.41) is 0.945. The van der Waals surface area contributed by atoms with Crippen LogP contribution in [0.3, 0.4) is 0 Å². The molecule has 1 nitrogen and oxygen atoms in total. The molecule has 0 aliphatic carbocycles. The van der Waals surface area contributed by atoms with Gasteiger partial charge in [-0.15, -0.1) is 0 Å². The Bertz CT molecular complexity index is 203. The zero-order valence-corrected chi connectivity index (χ0v) is 6.45. The van der Waals surface area contributed by atoms with Gasteiger partial charge in [0.1, 0.15) is 0 Å². The molecule has 2 heteroatoms. The number of benzene rings is 1. The van der Waals surface area contributed by atoms with Gasteiger partial charge >= 0.3 is 0 Å². The summed E-state index contributed by atoms with van der Waals surface area (Å²) in [4.78, 5) is 0. The van der Waals surface area contributed by atoms with Gasteiger partial charge in [0.05, 0.1) is 8.46 Å². The van der Waals surface area contributed by atoms with Crippen LogP contribution in [0.5, 0.6) is 0 Å². The van der Waals surface area contributed by atoms with E-state index in [0.29, 0.717) is 0 Å². The largest absolute Gasteiger partial charge is 0.325 e. The Kier molecular flexibility index (Phi) is 2.07. The van der Waals surface area contributed by atoms with E-state index in [-0.39, 0.29) is 0 Å². The second-order valence-electron chi connectivity index (χ2n) is 2.03. The fraction of sp³-hybridized carbons (Fsp3) is 0.143. The van der Waals surface area contributed by atoms with E-state index >= 15 is 0 Å². The zero-order valence-electron chi connectivity index (χ0n) is 5.29. The van der Waals surface area contributed by atoms with E-state index in [1.807, 2.05) is 31.2 Å². The highest BCUT2D eigenvalue weighted by molar-refractivity contribution is 7.34. The van der Waals surface area contributed by atoms with Crippen LogP contribution < -0.4 is 5.30 Å². The third-order valence-electron chi connectivity index (χ3n) is 1.21. The first-order valence-electron chi connectivity index (χ1n) is 2.85. The van der Waals surface area contributed by atoms with Gasteiger partial charge in [-0.1, -0.05) is 29.8 Å². The van der Waals surface area contributed by atoms with E-state index in [1.54, 1.807) is 0 Å². The fourth-order valence-electron chi connectivity index (χ4n) is 0.645. The minimum absolute atomic E-state index is 0.749. The van der Waals surface area contributed by atoms with Crippen molar-refractivity contribution in [3.05, 3.63) is 29.8 Å². The van der Waals surface area contributed by atoms with Crippen LogP contribution in [-0.2, 0) is 4.57 Å². The van der Waals surface area contributed by atoms with Crippen molar-refractivity contribution >= 4 is 13.8 Å². The summed E-state index contributed by atoms with van der Waals surface area (Å²) in [5.41, 5.74) is 1.21. The van der Waals surface area contributed by atoms with Gasteiger partial charge in [0, 0.05) is 5.30 Å². The maximum absolute atomic E-state index is 10.3. The molecule has 0 aromatic heterocycles. The van der Waals surface area contributed by atoms with Crippen LogP contribution in [0.2, 0.25) is 0 Å². The Morgan fingerprint density at radius 3 is 2.22 bits per heavy atom. The Balaban J connectivity index is 3.01. The monoisotopic (exact) mass is 140 g/mol.